The number of ether oxygens (including phenoxy) is 2. The van der Waals surface area contributed by atoms with E-state index in [2.05, 4.69) is 11.9 Å². The van der Waals surface area contributed by atoms with Gasteiger partial charge in [0.1, 0.15) is 5.75 Å². The Kier molecular flexibility index (Phi) is 3.75. The first kappa shape index (κ1) is 17.6. The van der Waals surface area contributed by atoms with E-state index in [1.807, 2.05) is 12.1 Å². The first-order chi connectivity index (χ1) is 13.5. The van der Waals surface area contributed by atoms with Crippen molar-refractivity contribution >= 4 is 21.7 Å². The zero-order chi connectivity index (χ0) is 19.6. The monoisotopic (exact) mass is 379 g/mol. The summed E-state index contributed by atoms with van der Waals surface area (Å²) in [6.07, 6.45) is 5.14. The smallest absolute Gasteiger partial charge is 0.161 e. The molecule has 3 atom stereocenters. The van der Waals surface area contributed by atoms with Crippen LogP contribution >= 0.6 is 0 Å². The molecule has 2 aliphatic carbocycles. The summed E-state index contributed by atoms with van der Waals surface area (Å²) in [6, 6.07) is 5.68. The van der Waals surface area contributed by atoms with Crippen molar-refractivity contribution in [2.75, 3.05) is 14.2 Å². The lowest BCUT2D eigenvalue weighted by molar-refractivity contribution is -0.00218. The second-order valence-corrected chi connectivity index (χ2v) is 8.44. The number of aromatic nitrogens is 1. The molecule has 1 heterocycles. The summed E-state index contributed by atoms with van der Waals surface area (Å²) in [6.45, 7) is 2.21. The third-order valence-electron chi connectivity index (χ3n) is 7.14. The van der Waals surface area contributed by atoms with E-state index < -0.39 is 6.10 Å². The van der Waals surface area contributed by atoms with Crippen LogP contribution in [0.15, 0.2) is 24.4 Å². The lowest BCUT2D eigenvalue weighted by Gasteiger charge is -2.42. The van der Waals surface area contributed by atoms with Crippen LogP contribution < -0.4 is 9.47 Å². The number of aliphatic hydroxyl groups excluding tert-OH is 1. The normalized spacial score (nSPS) is 26.3. The number of aromatic hydroxyl groups is 1. The Hall–Kier alpha value is -2.53. The van der Waals surface area contributed by atoms with Crippen LogP contribution in [-0.2, 0) is 6.42 Å². The van der Waals surface area contributed by atoms with Gasteiger partial charge in [-0.2, -0.15) is 0 Å². The third-order valence-corrected chi connectivity index (χ3v) is 7.14. The molecule has 0 radical (unpaired) electrons. The number of benzene rings is 2. The molecule has 2 aromatic carbocycles. The average Bonchev–Trinajstić information content (AvgIpc) is 3.09. The Morgan fingerprint density at radius 1 is 1.07 bits per heavy atom. The van der Waals surface area contributed by atoms with Crippen LogP contribution in [0.5, 0.6) is 17.2 Å². The fourth-order valence-corrected chi connectivity index (χ4v) is 5.56. The Balaban J connectivity index is 1.94. The quantitative estimate of drug-likeness (QED) is 0.641. The summed E-state index contributed by atoms with van der Waals surface area (Å²) in [5.41, 5.74) is 2.71. The van der Waals surface area contributed by atoms with Gasteiger partial charge in [0, 0.05) is 16.4 Å². The van der Waals surface area contributed by atoms with Gasteiger partial charge in [-0.25, -0.2) is 0 Å². The number of hydrogen-bond donors (Lipinski definition) is 2. The molecule has 1 aromatic heterocycles. The molecule has 5 heteroatoms. The first-order valence-corrected chi connectivity index (χ1v) is 9.85. The number of hydrogen-bond acceptors (Lipinski definition) is 5. The topological polar surface area (TPSA) is 71.8 Å². The third kappa shape index (κ3) is 2.20. The summed E-state index contributed by atoms with van der Waals surface area (Å²) in [4.78, 5) is 4.56. The summed E-state index contributed by atoms with van der Waals surface area (Å²) >= 11 is 0. The molecular formula is C23H25NO4. The summed E-state index contributed by atoms with van der Waals surface area (Å²) in [5.74, 6) is 1.88. The van der Waals surface area contributed by atoms with E-state index in [-0.39, 0.29) is 11.2 Å². The lowest BCUT2D eigenvalue weighted by Crippen LogP contribution is -2.36. The van der Waals surface area contributed by atoms with E-state index in [0.29, 0.717) is 17.4 Å². The van der Waals surface area contributed by atoms with Gasteiger partial charge in [-0.05, 0) is 59.7 Å². The minimum atomic E-state index is -0.569. The number of rotatable bonds is 2. The number of nitrogens with zero attached hydrogens (tertiary/aromatic N) is 1. The zero-order valence-electron chi connectivity index (χ0n) is 16.5. The van der Waals surface area contributed by atoms with E-state index in [4.69, 9.17) is 9.47 Å². The van der Waals surface area contributed by atoms with Gasteiger partial charge >= 0.3 is 0 Å². The molecule has 0 bridgehead atoms. The molecule has 3 unspecified atom stereocenters. The van der Waals surface area contributed by atoms with Crippen LogP contribution in [0, 0.1) is 11.3 Å². The average molecular weight is 379 g/mol. The largest absolute Gasteiger partial charge is 0.506 e. The van der Waals surface area contributed by atoms with Gasteiger partial charge in [-0.15, -0.1) is 0 Å². The van der Waals surface area contributed by atoms with Gasteiger partial charge in [-0.3, -0.25) is 4.98 Å². The maximum Gasteiger partial charge on any atom is 0.161 e. The number of aliphatic hydroxyl groups is 1. The molecule has 1 saturated carbocycles. The molecule has 3 aromatic rings. The molecule has 2 aliphatic rings. The highest BCUT2D eigenvalue weighted by atomic mass is 16.5. The van der Waals surface area contributed by atoms with E-state index in [1.165, 1.54) is 6.20 Å². The standard InChI is InChI=1S/C23H25NO4/c1-23-6-4-5-12(23)7-16-14-9-18(27-2)19(28-3)10-15(14)17-8-13(25)11-24-21(17)20(16)22(23)26/h8-12,22,25-26H,4-7H2,1-3H3. The van der Waals surface area contributed by atoms with E-state index >= 15 is 0 Å². The molecule has 0 spiro atoms. The van der Waals surface area contributed by atoms with Crippen molar-refractivity contribution in [3.63, 3.8) is 0 Å². The maximum atomic E-state index is 11.5. The summed E-state index contributed by atoms with van der Waals surface area (Å²) < 4.78 is 11.1. The summed E-state index contributed by atoms with van der Waals surface area (Å²) in [7, 11) is 3.25. The lowest BCUT2D eigenvalue weighted by atomic mass is 9.64. The summed E-state index contributed by atoms with van der Waals surface area (Å²) in [5, 5.41) is 24.4. The predicted molar refractivity (Wildman–Crippen MR) is 108 cm³/mol. The van der Waals surface area contributed by atoms with Gasteiger partial charge in [0.05, 0.1) is 32.0 Å². The van der Waals surface area contributed by atoms with E-state index in [0.717, 1.165) is 58.5 Å². The molecule has 146 valence electrons. The fraction of sp³-hybridized carbons (Fsp3) is 0.435. The molecule has 5 rings (SSSR count). The van der Waals surface area contributed by atoms with Gasteiger partial charge in [0.15, 0.2) is 11.5 Å². The molecule has 0 aliphatic heterocycles. The van der Waals surface area contributed by atoms with Crippen molar-refractivity contribution in [2.45, 2.75) is 38.7 Å². The Morgan fingerprint density at radius 2 is 1.79 bits per heavy atom. The molecule has 1 fully saturated rings. The van der Waals surface area contributed by atoms with Crippen LogP contribution in [0.25, 0.3) is 21.7 Å². The van der Waals surface area contributed by atoms with Crippen molar-refractivity contribution in [2.24, 2.45) is 11.3 Å². The van der Waals surface area contributed by atoms with Gasteiger partial charge in [-0.1, -0.05) is 13.3 Å². The van der Waals surface area contributed by atoms with Gasteiger partial charge in [0.2, 0.25) is 0 Å². The van der Waals surface area contributed by atoms with E-state index in [9.17, 15) is 10.2 Å². The predicted octanol–water partition coefficient (Wildman–Crippen LogP) is 4.51. The second kappa shape index (κ2) is 5.98. The van der Waals surface area contributed by atoms with Crippen LogP contribution in [0.2, 0.25) is 0 Å². The SMILES string of the molecule is COc1cc2c3c(c4ncc(O)cc4c2cc1OC)C(O)C1(C)CCCC1C3. The fourth-order valence-electron chi connectivity index (χ4n) is 5.56. The minimum absolute atomic E-state index is 0.110. The Labute approximate surface area is 163 Å². The molecule has 0 amide bonds. The van der Waals surface area contributed by atoms with Crippen LogP contribution in [0.4, 0.5) is 0 Å². The molecule has 0 saturated heterocycles. The Morgan fingerprint density at radius 3 is 2.50 bits per heavy atom. The van der Waals surface area contributed by atoms with Crippen molar-refractivity contribution < 1.29 is 19.7 Å². The number of methoxy groups -OCH3 is 2. The molecular weight excluding hydrogens is 354 g/mol. The highest BCUT2D eigenvalue weighted by Crippen LogP contribution is 2.58. The minimum Gasteiger partial charge on any atom is -0.506 e. The van der Waals surface area contributed by atoms with Gasteiger partial charge < -0.3 is 19.7 Å². The van der Waals surface area contributed by atoms with Crippen LogP contribution in [0.1, 0.15) is 43.4 Å². The highest BCUT2D eigenvalue weighted by molar-refractivity contribution is 6.11. The van der Waals surface area contributed by atoms with Crippen molar-refractivity contribution in [1.82, 2.24) is 4.98 Å². The second-order valence-electron chi connectivity index (χ2n) is 8.44. The maximum absolute atomic E-state index is 11.5. The van der Waals surface area contributed by atoms with Crippen molar-refractivity contribution in [1.29, 1.82) is 0 Å². The number of pyridine rings is 1. The Bertz CT molecular complexity index is 1110. The molecule has 28 heavy (non-hydrogen) atoms. The zero-order valence-corrected chi connectivity index (χ0v) is 16.5. The van der Waals surface area contributed by atoms with Crippen LogP contribution in [0.3, 0.4) is 0 Å². The molecule has 2 N–H and O–H groups in total. The van der Waals surface area contributed by atoms with Crippen molar-refractivity contribution in [3.05, 3.63) is 35.5 Å². The van der Waals surface area contributed by atoms with Gasteiger partial charge in [0.25, 0.3) is 0 Å². The van der Waals surface area contributed by atoms with Crippen molar-refractivity contribution in [3.8, 4) is 17.2 Å². The van der Waals surface area contributed by atoms with Crippen LogP contribution in [-0.4, -0.2) is 29.4 Å². The molecule has 5 nitrogen and oxygen atoms in total. The first-order valence-electron chi connectivity index (χ1n) is 9.85. The number of fused-ring (bicyclic) bond motifs is 7. The highest BCUT2D eigenvalue weighted by Gasteiger charge is 2.49. The van der Waals surface area contributed by atoms with E-state index in [1.54, 1.807) is 20.3 Å².